The van der Waals surface area contributed by atoms with E-state index in [1.165, 1.54) is 0 Å². The molecule has 0 aliphatic carbocycles. The van der Waals surface area contributed by atoms with E-state index in [-0.39, 0.29) is 0 Å². The molecule has 5 heteroatoms. The van der Waals surface area contributed by atoms with Crippen LogP contribution in [0.5, 0.6) is 0 Å². The molecule has 0 atom stereocenters. The molecule has 0 fully saturated rings. The Morgan fingerprint density at radius 1 is 1.33 bits per heavy atom. The van der Waals surface area contributed by atoms with Crippen molar-refractivity contribution in [1.82, 2.24) is 0 Å². The van der Waals surface area contributed by atoms with Gasteiger partial charge < -0.3 is 5.73 Å². The number of halogens is 2. The first kappa shape index (κ1) is 9.71. The third kappa shape index (κ3) is 2.59. The van der Waals surface area contributed by atoms with Crippen LogP contribution >= 0.6 is 35.0 Å². The van der Waals surface area contributed by atoms with Crippen LogP contribution in [-0.4, -0.2) is 5.24 Å². The zero-order valence-electron chi connectivity index (χ0n) is 5.88. The molecule has 1 rings (SSSR count). The number of rotatable bonds is 1. The summed E-state index contributed by atoms with van der Waals surface area (Å²) in [4.78, 5) is 11.2. The van der Waals surface area contributed by atoms with Crippen molar-refractivity contribution >= 4 is 40.2 Å². The third-order valence-electron chi connectivity index (χ3n) is 1.11. The maximum atomic E-state index is 10.5. The minimum atomic E-state index is -0.464. The van der Waals surface area contributed by atoms with E-state index >= 15 is 0 Å². The monoisotopic (exact) mass is 221 g/mol. The molecule has 0 heterocycles. The zero-order valence-corrected chi connectivity index (χ0v) is 8.21. The van der Waals surface area contributed by atoms with Crippen molar-refractivity contribution in [3.8, 4) is 0 Å². The molecule has 0 saturated heterocycles. The third-order valence-corrected chi connectivity index (χ3v) is 2.54. The molecule has 2 nitrogen and oxygen atoms in total. The quantitative estimate of drug-likeness (QED) is 0.741. The Balaban J connectivity index is 2.89. The second-order valence-corrected chi connectivity index (χ2v) is 3.89. The Kier molecular flexibility index (Phi) is 3.26. The fraction of sp³-hybridized carbons (Fsp3) is 0. The summed E-state index contributed by atoms with van der Waals surface area (Å²) in [6.07, 6.45) is 0. The highest BCUT2D eigenvalue weighted by atomic mass is 35.5. The van der Waals surface area contributed by atoms with E-state index in [0.29, 0.717) is 14.9 Å². The van der Waals surface area contributed by atoms with Gasteiger partial charge in [0.05, 0.1) is 10.0 Å². The molecule has 0 aliphatic heterocycles. The lowest BCUT2D eigenvalue weighted by Crippen LogP contribution is -2.01. The Morgan fingerprint density at radius 3 is 2.50 bits per heavy atom. The summed E-state index contributed by atoms with van der Waals surface area (Å²) in [7, 11) is 0. The lowest BCUT2D eigenvalue weighted by molar-refractivity contribution is 0.267. The average Bonchev–Trinajstić information content (AvgIpc) is 1.96. The van der Waals surface area contributed by atoms with Crippen LogP contribution in [0.2, 0.25) is 10.0 Å². The van der Waals surface area contributed by atoms with Crippen LogP contribution in [0.4, 0.5) is 4.79 Å². The average molecular weight is 222 g/mol. The van der Waals surface area contributed by atoms with Crippen LogP contribution in [0.3, 0.4) is 0 Å². The van der Waals surface area contributed by atoms with Crippen LogP contribution in [0.15, 0.2) is 23.1 Å². The van der Waals surface area contributed by atoms with Gasteiger partial charge in [-0.3, -0.25) is 4.79 Å². The molecule has 0 unspecified atom stereocenters. The van der Waals surface area contributed by atoms with Crippen molar-refractivity contribution in [2.24, 2.45) is 5.73 Å². The van der Waals surface area contributed by atoms with E-state index in [1.54, 1.807) is 18.2 Å². The van der Waals surface area contributed by atoms with E-state index in [0.717, 1.165) is 11.8 Å². The Bertz CT molecular complexity index is 316. The van der Waals surface area contributed by atoms with Gasteiger partial charge in [-0.2, -0.15) is 0 Å². The van der Waals surface area contributed by atoms with Crippen LogP contribution < -0.4 is 5.73 Å². The summed E-state index contributed by atoms with van der Waals surface area (Å²) < 4.78 is 0. The number of primary amides is 1. The van der Waals surface area contributed by atoms with Gasteiger partial charge in [-0.15, -0.1) is 0 Å². The van der Waals surface area contributed by atoms with E-state index in [9.17, 15) is 4.79 Å². The molecule has 1 aromatic rings. The zero-order chi connectivity index (χ0) is 9.14. The van der Waals surface area contributed by atoms with Gasteiger partial charge in [-0.05, 0) is 30.0 Å². The number of nitrogens with two attached hydrogens (primary N) is 1. The SMILES string of the molecule is NC(=O)Sc1ccc(Cl)c(Cl)c1. The topological polar surface area (TPSA) is 43.1 Å². The lowest BCUT2D eigenvalue weighted by atomic mass is 10.4. The van der Waals surface area contributed by atoms with Crippen molar-refractivity contribution in [3.63, 3.8) is 0 Å². The maximum Gasteiger partial charge on any atom is 0.281 e. The molecule has 2 N–H and O–H groups in total. The highest BCUT2D eigenvalue weighted by Gasteiger charge is 2.02. The van der Waals surface area contributed by atoms with E-state index < -0.39 is 5.24 Å². The summed E-state index contributed by atoms with van der Waals surface area (Å²) in [6.45, 7) is 0. The minimum absolute atomic E-state index is 0.419. The lowest BCUT2D eigenvalue weighted by Gasteiger charge is -1.98. The maximum absolute atomic E-state index is 10.5. The van der Waals surface area contributed by atoms with Gasteiger partial charge in [-0.25, -0.2) is 0 Å². The van der Waals surface area contributed by atoms with E-state index in [4.69, 9.17) is 28.9 Å². The highest BCUT2D eigenvalue weighted by molar-refractivity contribution is 8.13. The minimum Gasteiger partial charge on any atom is -0.360 e. The molecule has 0 aliphatic rings. The van der Waals surface area contributed by atoms with Gasteiger partial charge in [-0.1, -0.05) is 23.2 Å². The smallest absolute Gasteiger partial charge is 0.281 e. The Hall–Kier alpha value is -0.380. The molecule has 0 saturated carbocycles. The summed E-state index contributed by atoms with van der Waals surface area (Å²) in [5.41, 5.74) is 4.96. The predicted octanol–water partition coefficient (Wildman–Crippen LogP) is 3.16. The second-order valence-electron chi connectivity index (χ2n) is 2.00. The molecular weight excluding hydrogens is 217 g/mol. The largest absolute Gasteiger partial charge is 0.360 e. The first-order valence-corrected chi connectivity index (χ1v) is 4.59. The predicted molar refractivity (Wildman–Crippen MR) is 51.9 cm³/mol. The summed E-state index contributed by atoms with van der Waals surface area (Å²) in [5.74, 6) is 0. The van der Waals surface area contributed by atoms with Crippen molar-refractivity contribution in [2.75, 3.05) is 0 Å². The van der Waals surface area contributed by atoms with Crippen LogP contribution in [0.1, 0.15) is 0 Å². The standard InChI is InChI=1S/C7H5Cl2NOS/c8-5-2-1-4(3-6(5)9)12-7(10)11/h1-3H,(H2,10,11). The van der Waals surface area contributed by atoms with Crippen molar-refractivity contribution in [1.29, 1.82) is 0 Å². The van der Waals surface area contributed by atoms with E-state index in [2.05, 4.69) is 0 Å². The molecular formula is C7H5Cl2NOS. The normalized spacial score (nSPS) is 9.83. The second kappa shape index (κ2) is 4.03. The van der Waals surface area contributed by atoms with Gasteiger partial charge in [0.25, 0.3) is 5.24 Å². The number of hydrogen-bond acceptors (Lipinski definition) is 2. The fourth-order valence-corrected chi connectivity index (χ4v) is 1.56. The van der Waals surface area contributed by atoms with Crippen LogP contribution in [-0.2, 0) is 0 Å². The number of hydrogen-bond donors (Lipinski definition) is 1. The molecule has 12 heavy (non-hydrogen) atoms. The van der Waals surface area contributed by atoms with Gasteiger partial charge >= 0.3 is 0 Å². The Labute approximate surface area is 84.0 Å². The number of carbonyl (C=O) groups excluding carboxylic acids is 1. The number of amides is 1. The summed E-state index contributed by atoms with van der Waals surface area (Å²) in [6, 6.07) is 4.90. The van der Waals surface area contributed by atoms with Gasteiger partial charge in [0.15, 0.2) is 0 Å². The van der Waals surface area contributed by atoms with E-state index in [1.807, 2.05) is 0 Å². The molecule has 0 radical (unpaired) electrons. The molecule has 1 amide bonds. The molecule has 64 valence electrons. The molecule has 0 aromatic heterocycles. The number of carbonyl (C=O) groups is 1. The summed E-state index contributed by atoms with van der Waals surface area (Å²) >= 11 is 12.3. The van der Waals surface area contributed by atoms with Crippen molar-refractivity contribution in [2.45, 2.75) is 4.90 Å². The fourth-order valence-electron chi connectivity index (χ4n) is 0.656. The van der Waals surface area contributed by atoms with Crippen molar-refractivity contribution < 1.29 is 4.79 Å². The highest BCUT2D eigenvalue weighted by Crippen LogP contribution is 2.27. The van der Waals surface area contributed by atoms with Crippen LogP contribution in [0, 0.1) is 0 Å². The first-order valence-electron chi connectivity index (χ1n) is 3.02. The van der Waals surface area contributed by atoms with Crippen molar-refractivity contribution in [3.05, 3.63) is 28.2 Å². The van der Waals surface area contributed by atoms with Gasteiger partial charge in [0.1, 0.15) is 0 Å². The summed E-state index contributed by atoms with van der Waals surface area (Å²) in [5, 5.41) is 0.418. The molecule has 1 aromatic carbocycles. The molecule has 0 spiro atoms. The number of thioether (sulfide) groups is 1. The van der Waals surface area contributed by atoms with Gasteiger partial charge in [0.2, 0.25) is 0 Å². The number of benzene rings is 1. The van der Waals surface area contributed by atoms with Crippen LogP contribution in [0.25, 0.3) is 0 Å². The first-order chi connectivity index (χ1) is 5.59. The molecule has 0 bridgehead atoms. The van der Waals surface area contributed by atoms with Gasteiger partial charge in [0, 0.05) is 4.90 Å². The Morgan fingerprint density at radius 2 is 2.00 bits per heavy atom.